The predicted molar refractivity (Wildman–Crippen MR) is 85.2 cm³/mol. The minimum Gasteiger partial charge on any atom is -0.497 e. The SMILES string of the molecule is COc1ccc(C(=O)Nc2cc(OC)c(OC)cc2C)cc1. The van der Waals surface area contributed by atoms with E-state index in [9.17, 15) is 4.79 Å². The fourth-order valence-corrected chi connectivity index (χ4v) is 2.05. The lowest BCUT2D eigenvalue weighted by Crippen LogP contribution is -2.13. The van der Waals surface area contributed by atoms with Crippen LogP contribution in [0.5, 0.6) is 17.2 Å². The maximum atomic E-state index is 12.3. The number of nitrogens with one attached hydrogen (secondary N) is 1. The van der Waals surface area contributed by atoms with E-state index in [0.717, 1.165) is 5.56 Å². The number of amides is 1. The first kappa shape index (κ1) is 15.7. The number of hydrogen-bond donors (Lipinski definition) is 1. The standard InChI is InChI=1S/C17H19NO4/c1-11-9-15(21-3)16(22-4)10-14(11)18-17(19)12-5-7-13(20-2)8-6-12/h5-10H,1-4H3,(H,18,19). The van der Waals surface area contributed by atoms with Gasteiger partial charge in [-0.05, 0) is 42.8 Å². The molecule has 0 aliphatic carbocycles. The first-order valence-corrected chi connectivity index (χ1v) is 6.77. The molecule has 2 aromatic rings. The Hall–Kier alpha value is -2.69. The van der Waals surface area contributed by atoms with Crippen molar-refractivity contribution in [3.63, 3.8) is 0 Å². The lowest BCUT2D eigenvalue weighted by atomic mass is 10.1. The van der Waals surface area contributed by atoms with Gasteiger partial charge in [-0.25, -0.2) is 0 Å². The van der Waals surface area contributed by atoms with E-state index in [1.54, 1.807) is 51.7 Å². The first-order chi connectivity index (χ1) is 10.6. The molecule has 0 aliphatic heterocycles. The van der Waals surface area contributed by atoms with E-state index in [1.807, 2.05) is 13.0 Å². The molecular formula is C17H19NO4. The highest BCUT2D eigenvalue weighted by Gasteiger charge is 2.12. The van der Waals surface area contributed by atoms with Gasteiger partial charge < -0.3 is 19.5 Å². The summed E-state index contributed by atoms with van der Waals surface area (Å²) < 4.78 is 15.6. The summed E-state index contributed by atoms with van der Waals surface area (Å²) in [5, 5.41) is 2.87. The average Bonchev–Trinajstić information content (AvgIpc) is 2.56. The molecule has 2 aromatic carbocycles. The van der Waals surface area contributed by atoms with Gasteiger partial charge >= 0.3 is 0 Å². The lowest BCUT2D eigenvalue weighted by molar-refractivity contribution is 0.102. The van der Waals surface area contributed by atoms with Crippen molar-refractivity contribution in [2.75, 3.05) is 26.6 Å². The van der Waals surface area contributed by atoms with E-state index in [-0.39, 0.29) is 5.91 Å². The van der Waals surface area contributed by atoms with E-state index in [1.165, 1.54) is 0 Å². The number of carbonyl (C=O) groups excluding carboxylic acids is 1. The van der Waals surface area contributed by atoms with Crippen LogP contribution < -0.4 is 19.5 Å². The van der Waals surface area contributed by atoms with E-state index in [0.29, 0.717) is 28.5 Å². The summed E-state index contributed by atoms with van der Waals surface area (Å²) in [5.41, 5.74) is 2.12. The normalized spacial score (nSPS) is 10.0. The van der Waals surface area contributed by atoms with Gasteiger partial charge in [0.2, 0.25) is 0 Å². The Morgan fingerprint density at radius 2 is 1.50 bits per heavy atom. The molecule has 0 atom stereocenters. The summed E-state index contributed by atoms with van der Waals surface area (Å²) >= 11 is 0. The van der Waals surface area contributed by atoms with Crippen molar-refractivity contribution < 1.29 is 19.0 Å². The Bertz CT molecular complexity index is 665. The van der Waals surface area contributed by atoms with Gasteiger partial charge in [-0.3, -0.25) is 4.79 Å². The number of rotatable bonds is 5. The third kappa shape index (κ3) is 3.31. The summed E-state index contributed by atoms with van der Waals surface area (Å²) in [6.07, 6.45) is 0. The highest BCUT2D eigenvalue weighted by atomic mass is 16.5. The Morgan fingerprint density at radius 3 is 2.05 bits per heavy atom. The quantitative estimate of drug-likeness (QED) is 0.921. The van der Waals surface area contributed by atoms with Crippen molar-refractivity contribution in [1.82, 2.24) is 0 Å². The van der Waals surface area contributed by atoms with Gasteiger partial charge in [0.15, 0.2) is 11.5 Å². The summed E-state index contributed by atoms with van der Waals surface area (Å²) in [6, 6.07) is 10.5. The van der Waals surface area contributed by atoms with Gasteiger partial charge in [0.25, 0.3) is 5.91 Å². The number of aryl methyl sites for hydroxylation is 1. The van der Waals surface area contributed by atoms with Gasteiger partial charge in [-0.1, -0.05) is 0 Å². The molecule has 5 heteroatoms. The van der Waals surface area contributed by atoms with Gasteiger partial charge in [0, 0.05) is 17.3 Å². The van der Waals surface area contributed by atoms with E-state index >= 15 is 0 Å². The monoisotopic (exact) mass is 301 g/mol. The van der Waals surface area contributed by atoms with E-state index < -0.39 is 0 Å². The predicted octanol–water partition coefficient (Wildman–Crippen LogP) is 3.27. The van der Waals surface area contributed by atoms with Crippen molar-refractivity contribution in [3.8, 4) is 17.2 Å². The maximum Gasteiger partial charge on any atom is 0.255 e. The fourth-order valence-electron chi connectivity index (χ4n) is 2.05. The lowest BCUT2D eigenvalue weighted by Gasteiger charge is -2.13. The van der Waals surface area contributed by atoms with Crippen molar-refractivity contribution >= 4 is 11.6 Å². The Labute approximate surface area is 129 Å². The molecule has 0 spiro atoms. The van der Waals surface area contributed by atoms with Crippen molar-refractivity contribution in [1.29, 1.82) is 0 Å². The second kappa shape index (κ2) is 6.85. The number of carbonyl (C=O) groups is 1. The molecule has 0 aromatic heterocycles. The van der Waals surface area contributed by atoms with Crippen LogP contribution in [-0.4, -0.2) is 27.2 Å². The maximum absolute atomic E-state index is 12.3. The Kier molecular flexibility index (Phi) is 4.88. The van der Waals surface area contributed by atoms with Crippen LogP contribution in [0.2, 0.25) is 0 Å². The molecule has 0 fully saturated rings. The van der Waals surface area contributed by atoms with Gasteiger partial charge in [-0.2, -0.15) is 0 Å². The van der Waals surface area contributed by atoms with Crippen LogP contribution >= 0.6 is 0 Å². The molecule has 0 radical (unpaired) electrons. The first-order valence-electron chi connectivity index (χ1n) is 6.77. The summed E-state index contributed by atoms with van der Waals surface area (Å²) in [6.45, 7) is 1.89. The summed E-state index contributed by atoms with van der Waals surface area (Å²) in [4.78, 5) is 12.3. The molecule has 0 saturated carbocycles. The number of methoxy groups -OCH3 is 3. The zero-order chi connectivity index (χ0) is 16.1. The molecule has 0 heterocycles. The third-order valence-corrected chi connectivity index (χ3v) is 3.33. The minimum absolute atomic E-state index is 0.196. The number of anilines is 1. The highest BCUT2D eigenvalue weighted by molar-refractivity contribution is 6.04. The number of benzene rings is 2. The number of ether oxygens (including phenoxy) is 3. The van der Waals surface area contributed by atoms with Crippen molar-refractivity contribution in [3.05, 3.63) is 47.5 Å². The topological polar surface area (TPSA) is 56.8 Å². The molecular weight excluding hydrogens is 282 g/mol. The van der Waals surface area contributed by atoms with E-state index in [4.69, 9.17) is 14.2 Å². The average molecular weight is 301 g/mol. The second-order valence-electron chi connectivity index (χ2n) is 4.70. The molecule has 22 heavy (non-hydrogen) atoms. The molecule has 0 bridgehead atoms. The molecule has 1 N–H and O–H groups in total. The summed E-state index contributed by atoms with van der Waals surface area (Å²) in [7, 11) is 4.72. The second-order valence-corrected chi connectivity index (χ2v) is 4.70. The zero-order valence-corrected chi connectivity index (χ0v) is 13.1. The highest BCUT2D eigenvalue weighted by Crippen LogP contribution is 2.33. The van der Waals surface area contributed by atoms with Gasteiger partial charge in [0.1, 0.15) is 5.75 Å². The van der Waals surface area contributed by atoms with Crippen molar-refractivity contribution in [2.24, 2.45) is 0 Å². The molecule has 5 nitrogen and oxygen atoms in total. The van der Waals surface area contributed by atoms with E-state index in [2.05, 4.69) is 5.32 Å². The smallest absolute Gasteiger partial charge is 0.255 e. The Balaban J connectivity index is 2.23. The van der Waals surface area contributed by atoms with Crippen molar-refractivity contribution in [2.45, 2.75) is 6.92 Å². The van der Waals surface area contributed by atoms with Gasteiger partial charge in [0.05, 0.1) is 21.3 Å². The van der Waals surface area contributed by atoms with Crippen LogP contribution in [-0.2, 0) is 0 Å². The minimum atomic E-state index is -0.196. The van der Waals surface area contributed by atoms with Crippen LogP contribution in [0.4, 0.5) is 5.69 Å². The Morgan fingerprint density at radius 1 is 0.909 bits per heavy atom. The molecule has 116 valence electrons. The fraction of sp³-hybridized carbons (Fsp3) is 0.235. The van der Waals surface area contributed by atoms with Crippen LogP contribution in [0.3, 0.4) is 0 Å². The van der Waals surface area contributed by atoms with Crippen LogP contribution in [0, 0.1) is 6.92 Å². The largest absolute Gasteiger partial charge is 0.497 e. The molecule has 0 aliphatic rings. The molecule has 0 unspecified atom stereocenters. The summed E-state index contributed by atoms with van der Waals surface area (Å²) in [5.74, 6) is 1.71. The zero-order valence-electron chi connectivity index (χ0n) is 13.1. The van der Waals surface area contributed by atoms with Crippen LogP contribution in [0.1, 0.15) is 15.9 Å². The van der Waals surface area contributed by atoms with Crippen LogP contribution in [0.15, 0.2) is 36.4 Å². The molecule has 0 saturated heterocycles. The molecule has 2 rings (SSSR count). The van der Waals surface area contributed by atoms with Gasteiger partial charge in [-0.15, -0.1) is 0 Å². The molecule has 1 amide bonds. The third-order valence-electron chi connectivity index (χ3n) is 3.33. The van der Waals surface area contributed by atoms with Crippen LogP contribution in [0.25, 0.3) is 0 Å². The number of hydrogen-bond acceptors (Lipinski definition) is 4.